The predicted molar refractivity (Wildman–Crippen MR) is 65.7 cm³/mol. The zero-order valence-corrected chi connectivity index (χ0v) is 11.1. The summed E-state index contributed by atoms with van der Waals surface area (Å²) in [5.74, 6) is 0.255. The van der Waals surface area contributed by atoms with Crippen molar-refractivity contribution in [1.29, 1.82) is 0 Å². The number of carboxylic acids is 1. The van der Waals surface area contributed by atoms with Crippen LogP contribution in [-0.2, 0) is 9.53 Å². The van der Waals surface area contributed by atoms with E-state index >= 15 is 0 Å². The SMILES string of the molecule is CC(C)(C)OC(N)=O.CSCCCC(=O)O. The van der Waals surface area contributed by atoms with E-state index in [4.69, 9.17) is 10.8 Å². The molecule has 5 nitrogen and oxygen atoms in total. The molecule has 0 aromatic carbocycles. The van der Waals surface area contributed by atoms with Gasteiger partial charge in [0.05, 0.1) is 0 Å². The van der Waals surface area contributed by atoms with Crippen molar-refractivity contribution in [1.82, 2.24) is 0 Å². The van der Waals surface area contributed by atoms with E-state index in [1.807, 2.05) is 6.26 Å². The van der Waals surface area contributed by atoms with Crippen molar-refractivity contribution in [2.45, 2.75) is 39.2 Å². The molecule has 0 aromatic rings. The van der Waals surface area contributed by atoms with Crippen molar-refractivity contribution in [2.24, 2.45) is 5.73 Å². The minimum Gasteiger partial charge on any atom is -0.481 e. The first kappa shape index (κ1) is 17.5. The normalized spacial score (nSPS) is 10.0. The Morgan fingerprint density at radius 1 is 1.38 bits per heavy atom. The summed E-state index contributed by atoms with van der Waals surface area (Å²) >= 11 is 1.68. The summed E-state index contributed by atoms with van der Waals surface area (Å²) in [7, 11) is 0. The van der Waals surface area contributed by atoms with Crippen LogP contribution < -0.4 is 5.73 Å². The molecule has 0 aliphatic carbocycles. The molecule has 1 amide bonds. The van der Waals surface area contributed by atoms with E-state index in [0.29, 0.717) is 6.42 Å². The van der Waals surface area contributed by atoms with Gasteiger partial charge in [0.2, 0.25) is 0 Å². The zero-order chi connectivity index (χ0) is 13.2. The van der Waals surface area contributed by atoms with Gasteiger partial charge in [-0.1, -0.05) is 0 Å². The van der Waals surface area contributed by atoms with Crippen LogP contribution in [0.25, 0.3) is 0 Å². The average Bonchev–Trinajstić information content (AvgIpc) is 2.00. The fourth-order valence-electron chi connectivity index (χ4n) is 0.670. The predicted octanol–water partition coefficient (Wildman–Crippen LogP) is 2.09. The number of aliphatic carboxylic acids is 1. The van der Waals surface area contributed by atoms with Crippen LogP contribution in [0.4, 0.5) is 4.79 Å². The van der Waals surface area contributed by atoms with Crippen LogP contribution in [0.2, 0.25) is 0 Å². The van der Waals surface area contributed by atoms with Gasteiger partial charge in [-0.3, -0.25) is 4.79 Å². The number of carbonyl (C=O) groups excluding carboxylic acids is 1. The van der Waals surface area contributed by atoms with Gasteiger partial charge in [0.1, 0.15) is 5.60 Å². The molecule has 0 heterocycles. The van der Waals surface area contributed by atoms with Crippen LogP contribution in [0.1, 0.15) is 33.6 Å². The molecule has 0 bridgehead atoms. The summed E-state index contributed by atoms with van der Waals surface area (Å²) in [6.45, 7) is 5.28. The topological polar surface area (TPSA) is 89.6 Å². The van der Waals surface area contributed by atoms with E-state index in [0.717, 1.165) is 12.2 Å². The molecule has 0 spiro atoms. The lowest BCUT2D eigenvalue weighted by atomic mass is 10.2. The number of hydrogen-bond acceptors (Lipinski definition) is 4. The highest BCUT2D eigenvalue weighted by molar-refractivity contribution is 7.98. The van der Waals surface area contributed by atoms with Crippen molar-refractivity contribution in [2.75, 3.05) is 12.0 Å². The van der Waals surface area contributed by atoms with Gasteiger partial charge in [-0.15, -0.1) is 0 Å². The second kappa shape index (κ2) is 9.33. The number of amides is 1. The van der Waals surface area contributed by atoms with Gasteiger partial charge >= 0.3 is 12.1 Å². The number of carbonyl (C=O) groups is 2. The third kappa shape index (κ3) is 23.2. The number of rotatable bonds is 4. The lowest BCUT2D eigenvalue weighted by Gasteiger charge is -2.16. The Morgan fingerprint density at radius 3 is 2.06 bits per heavy atom. The molecule has 96 valence electrons. The van der Waals surface area contributed by atoms with E-state index < -0.39 is 17.7 Å². The Bertz CT molecular complexity index is 213. The fourth-order valence-corrected chi connectivity index (χ4v) is 1.10. The highest BCUT2D eigenvalue weighted by Crippen LogP contribution is 2.04. The fraction of sp³-hybridized carbons (Fsp3) is 0.800. The minimum atomic E-state index is -0.725. The van der Waals surface area contributed by atoms with Crippen LogP contribution in [0.5, 0.6) is 0 Å². The van der Waals surface area contributed by atoms with Crippen molar-refractivity contribution in [3.05, 3.63) is 0 Å². The number of thioether (sulfide) groups is 1. The minimum absolute atomic E-state index is 0.306. The third-order valence-corrected chi connectivity index (χ3v) is 1.84. The Morgan fingerprint density at radius 2 is 1.88 bits per heavy atom. The number of primary amides is 1. The van der Waals surface area contributed by atoms with Gasteiger partial charge in [-0.05, 0) is 39.2 Å². The number of carboxylic acid groups (broad SMARTS) is 1. The van der Waals surface area contributed by atoms with Gasteiger partial charge < -0.3 is 15.6 Å². The molecule has 0 aliphatic heterocycles. The highest BCUT2D eigenvalue weighted by atomic mass is 32.2. The molecule has 0 atom stereocenters. The lowest BCUT2D eigenvalue weighted by Crippen LogP contribution is -2.27. The molecule has 0 saturated heterocycles. The van der Waals surface area contributed by atoms with Crippen molar-refractivity contribution in [3.8, 4) is 0 Å². The van der Waals surface area contributed by atoms with E-state index in [1.165, 1.54) is 0 Å². The summed E-state index contributed by atoms with van der Waals surface area (Å²) in [5.41, 5.74) is 4.26. The maximum Gasteiger partial charge on any atom is 0.405 e. The van der Waals surface area contributed by atoms with Gasteiger partial charge in [-0.25, -0.2) is 4.79 Å². The summed E-state index contributed by atoms with van der Waals surface area (Å²) in [6, 6.07) is 0. The van der Waals surface area contributed by atoms with Crippen LogP contribution in [0.3, 0.4) is 0 Å². The zero-order valence-electron chi connectivity index (χ0n) is 10.3. The van der Waals surface area contributed by atoms with Crippen LogP contribution in [-0.4, -0.2) is 34.8 Å². The molecular weight excluding hydrogens is 230 g/mol. The first-order valence-electron chi connectivity index (χ1n) is 4.88. The van der Waals surface area contributed by atoms with Crippen molar-refractivity contribution < 1.29 is 19.4 Å². The smallest absolute Gasteiger partial charge is 0.405 e. The number of hydrogen-bond donors (Lipinski definition) is 2. The molecule has 0 unspecified atom stereocenters. The van der Waals surface area contributed by atoms with Gasteiger partial charge in [-0.2, -0.15) is 11.8 Å². The van der Waals surface area contributed by atoms with Crippen molar-refractivity contribution in [3.63, 3.8) is 0 Å². The first-order chi connectivity index (χ1) is 7.19. The Kier molecular flexibility index (Phi) is 10.2. The molecule has 0 rings (SSSR count). The Labute approximate surface area is 101 Å². The molecule has 16 heavy (non-hydrogen) atoms. The van der Waals surface area contributed by atoms with E-state index in [2.05, 4.69) is 4.74 Å². The molecule has 0 aliphatic rings. The van der Waals surface area contributed by atoms with Gasteiger partial charge in [0.25, 0.3) is 0 Å². The Hall–Kier alpha value is -0.910. The number of ether oxygens (including phenoxy) is 1. The largest absolute Gasteiger partial charge is 0.481 e. The molecule has 0 fully saturated rings. The Balaban J connectivity index is 0. The second-order valence-electron chi connectivity index (χ2n) is 4.02. The quantitative estimate of drug-likeness (QED) is 0.747. The first-order valence-corrected chi connectivity index (χ1v) is 6.27. The maximum absolute atomic E-state index is 10.0. The average molecular weight is 251 g/mol. The maximum atomic E-state index is 10.0. The van der Waals surface area contributed by atoms with Gasteiger partial charge in [0, 0.05) is 6.42 Å². The second-order valence-corrected chi connectivity index (χ2v) is 5.01. The van der Waals surface area contributed by atoms with Crippen molar-refractivity contribution >= 4 is 23.8 Å². The molecule has 6 heteroatoms. The van der Waals surface area contributed by atoms with Crippen LogP contribution in [0, 0.1) is 0 Å². The molecule has 0 aromatic heterocycles. The van der Waals surface area contributed by atoms with Crippen LogP contribution >= 0.6 is 11.8 Å². The standard InChI is InChI=1S/C5H11NO2.C5H10O2S/c1-5(2,3)8-4(6)7;1-8-4-2-3-5(6)7/h1-3H3,(H2,6,7);2-4H2,1H3,(H,6,7). The molecule has 0 saturated carbocycles. The van der Waals surface area contributed by atoms with E-state index in [1.54, 1.807) is 32.5 Å². The summed E-state index contributed by atoms with van der Waals surface area (Å²) in [4.78, 5) is 19.9. The van der Waals surface area contributed by atoms with Crippen LogP contribution in [0.15, 0.2) is 0 Å². The molecule has 3 N–H and O–H groups in total. The summed E-state index contributed by atoms with van der Waals surface area (Å²) < 4.78 is 4.58. The number of nitrogens with two attached hydrogens (primary N) is 1. The monoisotopic (exact) mass is 251 g/mol. The summed E-state index contributed by atoms with van der Waals surface area (Å²) in [6.07, 6.45) is 2.34. The van der Waals surface area contributed by atoms with Gasteiger partial charge in [0.15, 0.2) is 0 Å². The van der Waals surface area contributed by atoms with E-state index in [-0.39, 0.29) is 0 Å². The molecular formula is C10H21NO4S. The van der Waals surface area contributed by atoms with E-state index in [9.17, 15) is 9.59 Å². The lowest BCUT2D eigenvalue weighted by molar-refractivity contribution is -0.137. The molecule has 0 radical (unpaired) electrons. The third-order valence-electron chi connectivity index (χ3n) is 1.15. The highest BCUT2D eigenvalue weighted by Gasteiger charge is 2.12. The summed E-state index contributed by atoms with van der Waals surface area (Å²) in [5, 5.41) is 8.13.